The van der Waals surface area contributed by atoms with E-state index in [1.165, 1.54) is 11.3 Å². The van der Waals surface area contributed by atoms with E-state index < -0.39 is 0 Å². The van der Waals surface area contributed by atoms with Gasteiger partial charge in [-0.05, 0) is 25.1 Å². The predicted octanol–water partition coefficient (Wildman–Crippen LogP) is 4.65. The number of halogens is 1. The minimum atomic E-state index is -0.342. The number of hydrogen-bond acceptors (Lipinski definition) is 5. The number of nitrogens with one attached hydrogen (secondary N) is 1. The van der Waals surface area contributed by atoms with Crippen LogP contribution in [-0.2, 0) is 0 Å². The zero-order valence-electron chi connectivity index (χ0n) is 14.2. The average molecular weight is 430 g/mol. The molecule has 0 bridgehead atoms. The zero-order chi connectivity index (χ0) is 18.5. The lowest BCUT2D eigenvalue weighted by atomic mass is 10.2. The molecule has 0 unspecified atom stereocenters. The van der Waals surface area contributed by atoms with E-state index in [9.17, 15) is 4.79 Å². The average Bonchev–Trinajstić information content (AvgIpc) is 3.04. The van der Waals surface area contributed by atoms with E-state index in [2.05, 4.69) is 31.4 Å². The van der Waals surface area contributed by atoms with Crippen LogP contribution in [0.1, 0.15) is 20.9 Å². The molecule has 0 fully saturated rings. The van der Waals surface area contributed by atoms with Gasteiger partial charge in [0.1, 0.15) is 16.5 Å². The van der Waals surface area contributed by atoms with Crippen LogP contribution in [0.4, 0.5) is 0 Å². The van der Waals surface area contributed by atoms with Gasteiger partial charge in [0.25, 0.3) is 5.91 Å². The van der Waals surface area contributed by atoms with Gasteiger partial charge in [0.15, 0.2) is 0 Å². The molecule has 2 aromatic carbocycles. The van der Waals surface area contributed by atoms with E-state index in [-0.39, 0.29) is 5.91 Å². The lowest BCUT2D eigenvalue weighted by Crippen LogP contribution is -2.19. The Balaban J connectivity index is 1.75. The highest BCUT2D eigenvalue weighted by molar-refractivity contribution is 9.10. The summed E-state index contributed by atoms with van der Waals surface area (Å²) in [7, 11) is 1.59. The second kappa shape index (κ2) is 8.25. The minimum Gasteiger partial charge on any atom is -0.496 e. The number of aromatic nitrogens is 1. The first-order valence-corrected chi connectivity index (χ1v) is 9.39. The van der Waals surface area contributed by atoms with Crippen molar-refractivity contribution in [2.75, 3.05) is 7.11 Å². The fourth-order valence-electron chi connectivity index (χ4n) is 2.33. The van der Waals surface area contributed by atoms with E-state index in [4.69, 9.17) is 4.74 Å². The van der Waals surface area contributed by atoms with Crippen molar-refractivity contribution in [1.82, 2.24) is 10.4 Å². The SMILES string of the molecule is COc1ccc(Br)cc1/C=N\NC(=O)c1nc(-c2ccccc2)sc1C. The van der Waals surface area contributed by atoms with Gasteiger partial charge >= 0.3 is 0 Å². The normalized spacial score (nSPS) is 10.9. The number of aryl methyl sites for hydroxylation is 1. The first kappa shape index (κ1) is 18.3. The molecular formula is C19H16BrN3O2S. The zero-order valence-corrected chi connectivity index (χ0v) is 16.6. The number of hydrazone groups is 1. The smallest absolute Gasteiger partial charge is 0.291 e. The molecule has 1 aromatic heterocycles. The lowest BCUT2D eigenvalue weighted by molar-refractivity contribution is 0.0950. The number of nitrogens with zero attached hydrogens (tertiary/aromatic N) is 2. The van der Waals surface area contributed by atoms with Crippen LogP contribution < -0.4 is 10.2 Å². The molecule has 0 saturated heterocycles. The molecule has 1 N–H and O–H groups in total. The van der Waals surface area contributed by atoms with E-state index in [0.29, 0.717) is 11.4 Å². The fourth-order valence-corrected chi connectivity index (χ4v) is 3.63. The van der Waals surface area contributed by atoms with Gasteiger partial charge in [0.05, 0.1) is 13.3 Å². The van der Waals surface area contributed by atoms with Crippen LogP contribution in [0.5, 0.6) is 5.75 Å². The number of rotatable bonds is 5. The largest absolute Gasteiger partial charge is 0.496 e. The summed E-state index contributed by atoms with van der Waals surface area (Å²) in [6.45, 7) is 1.88. The summed E-state index contributed by atoms with van der Waals surface area (Å²) in [5.74, 6) is 0.327. The van der Waals surface area contributed by atoms with Crippen LogP contribution >= 0.6 is 27.3 Å². The van der Waals surface area contributed by atoms with Crippen molar-refractivity contribution in [3.63, 3.8) is 0 Å². The van der Waals surface area contributed by atoms with Gasteiger partial charge in [0, 0.05) is 20.5 Å². The summed E-state index contributed by atoms with van der Waals surface area (Å²) >= 11 is 4.89. The molecular weight excluding hydrogens is 414 g/mol. The summed E-state index contributed by atoms with van der Waals surface area (Å²) in [5, 5.41) is 4.84. The van der Waals surface area contributed by atoms with Crippen molar-refractivity contribution in [1.29, 1.82) is 0 Å². The Morgan fingerprint density at radius 3 is 2.77 bits per heavy atom. The number of thiazole rings is 1. The molecule has 132 valence electrons. The highest BCUT2D eigenvalue weighted by Gasteiger charge is 2.15. The number of amides is 1. The summed E-state index contributed by atoms with van der Waals surface area (Å²) in [4.78, 5) is 17.7. The summed E-state index contributed by atoms with van der Waals surface area (Å²) in [6.07, 6.45) is 1.54. The van der Waals surface area contributed by atoms with Crippen molar-refractivity contribution in [3.05, 3.63) is 69.1 Å². The van der Waals surface area contributed by atoms with Crippen LogP contribution in [0.25, 0.3) is 10.6 Å². The standard InChI is InChI=1S/C19H16BrN3O2S/c1-12-17(22-19(26-12)13-6-4-3-5-7-13)18(24)23-21-11-14-10-15(20)8-9-16(14)25-2/h3-11H,1-2H3,(H,23,24)/b21-11-. The third-order valence-electron chi connectivity index (χ3n) is 3.59. The molecule has 0 aliphatic heterocycles. The van der Waals surface area contributed by atoms with Crippen molar-refractivity contribution in [2.24, 2.45) is 5.10 Å². The number of methoxy groups -OCH3 is 1. The maximum atomic E-state index is 12.4. The van der Waals surface area contributed by atoms with Crippen molar-refractivity contribution in [2.45, 2.75) is 6.92 Å². The van der Waals surface area contributed by atoms with Gasteiger partial charge < -0.3 is 4.74 Å². The predicted molar refractivity (Wildman–Crippen MR) is 108 cm³/mol. The third-order valence-corrected chi connectivity index (χ3v) is 5.11. The summed E-state index contributed by atoms with van der Waals surface area (Å²) < 4.78 is 6.18. The monoisotopic (exact) mass is 429 g/mol. The van der Waals surface area contributed by atoms with Crippen molar-refractivity contribution >= 4 is 39.4 Å². The van der Waals surface area contributed by atoms with Crippen LogP contribution in [0.15, 0.2) is 58.1 Å². The highest BCUT2D eigenvalue weighted by Crippen LogP contribution is 2.27. The quantitative estimate of drug-likeness (QED) is 0.473. The molecule has 0 radical (unpaired) electrons. The minimum absolute atomic E-state index is 0.342. The molecule has 5 nitrogen and oxygen atoms in total. The maximum absolute atomic E-state index is 12.4. The second-order valence-corrected chi connectivity index (χ2v) is 7.49. The molecule has 0 atom stereocenters. The van der Waals surface area contributed by atoms with Crippen molar-refractivity contribution in [3.8, 4) is 16.3 Å². The van der Waals surface area contributed by atoms with Gasteiger partial charge in [-0.3, -0.25) is 4.79 Å². The topological polar surface area (TPSA) is 63.6 Å². The number of carbonyl (C=O) groups excluding carboxylic acids is 1. The Morgan fingerprint density at radius 2 is 2.04 bits per heavy atom. The Hall–Kier alpha value is -2.51. The first-order valence-electron chi connectivity index (χ1n) is 7.78. The highest BCUT2D eigenvalue weighted by atomic mass is 79.9. The van der Waals surface area contributed by atoms with Crippen LogP contribution in [0.2, 0.25) is 0 Å². The molecule has 26 heavy (non-hydrogen) atoms. The van der Waals surface area contributed by atoms with E-state index in [0.717, 1.165) is 25.5 Å². The van der Waals surface area contributed by atoms with Crippen LogP contribution in [0, 0.1) is 6.92 Å². The second-order valence-electron chi connectivity index (χ2n) is 5.38. The summed E-state index contributed by atoms with van der Waals surface area (Å²) in [5.41, 5.74) is 4.65. The molecule has 0 spiro atoms. The molecule has 0 aliphatic rings. The molecule has 0 saturated carbocycles. The van der Waals surface area contributed by atoms with Gasteiger partial charge in [-0.25, -0.2) is 10.4 Å². The van der Waals surface area contributed by atoms with Crippen LogP contribution in [-0.4, -0.2) is 24.2 Å². The van der Waals surface area contributed by atoms with Gasteiger partial charge in [-0.2, -0.15) is 5.10 Å². The molecule has 3 aromatic rings. The summed E-state index contributed by atoms with van der Waals surface area (Å²) in [6, 6.07) is 15.3. The van der Waals surface area contributed by atoms with Gasteiger partial charge in [0.2, 0.25) is 0 Å². The van der Waals surface area contributed by atoms with E-state index >= 15 is 0 Å². The molecule has 3 rings (SSSR count). The Bertz CT molecular complexity index is 955. The number of hydrogen-bond donors (Lipinski definition) is 1. The number of benzene rings is 2. The molecule has 7 heteroatoms. The molecule has 1 amide bonds. The van der Waals surface area contributed by atoms with E-state index in [1.807, 2.05) is 55.5 Å². The van der Waals surface area contributed by atoms with Crippen molar-refractivity contribution < 1.29 is 9.53 Å². The van der Waals surface area contributed by atoms with E-state index in [1.54, 1.807) is 13.3 Å². The molecule has 1 heterocycles. The Morgan fingerprint density at radius 1 is 1.27 bits per heavy atom. The lowest BCUT2D eigenvalue weighted by Gasteiger charge is -2.04. The third kappa shape index (κ3) is 4.17. The Labute approximate surface area is 163 Å². The van der Waals surface area contributed by atoms with Gasteiger partial charge in [-0.1, -0.05) is 46.3 Å². The maximum Gasteiger partial charge on any atom is 0.291 e. The number of carbonyl (C=O) groups is 1. The fraction of sp³-hybridized carbons (Fsp3) is 0.105. The first-order chi connectivity index (χ1) is 12.6. The number of ether oxygens (including phenoxy) is 1. The van der Waals surface area contributed by atoms with Crippen LogP contribution in [0.3, 0.4) is 0 Å². The molecule has 0 aliphatic carbocycles. The van der Waals surface area contributed by atoms with Gasteiger partial charge in [-0.15, -0.1) is 11.3 Å². The Kier molecular flexibility index (Phi) is 5.80.